The second-order valence-electron chi connectivity index (χ2n) is 3.86. The molecule has 0 atom stereocenters. The number of rotatable bonds is 5. The third-order valence-electron chi connectivity index (χ3n) is 2.05. The molecule has 0 aliphatic rings. The maximum atomic E-state index is 9.03. The molecule has 0 saturated heterocycles. The van der Waals surface area contributed by atoms with Gasteiger partial charge in [0.05, 0.1) is 37.0 Å². The first-order valence-electron chi connectivity index (χ1n) is 4.83. The lowest BCUT2D eigenvalue weighted by molar-refractivity contribution is -0.0232. The van der Waals surface area contributed by atoms with Crippen LogP contribution in [0.1, 0.15) is 26.5 Å². The highest BCUT2D eigenvalue weighted by Gasteiger charge is 2.19. The molecule has 1 heterocycles. The summed E-state index contributed by atoms with van der Waals surface area (Å²) < 4.78 is 7.48. The van der Waals surface area contributed by atoms with Crippen LogP contribution in [0.2, 0.25) is 0 Å². The van der Waals surface area contributed by atoms with E-state index in [0.717, 1.165) is 5.69 Å². The van der Waals surface area contributed by atoms with Gasteiger partial charge in [-0.2, -0.15) is 0 Å². The summed E-state index contributed by atoms with van der Waals surface area (Å²) in [5, 5.41) is 9.03. The minimum Gasteiger partial charge on any atom is -0.390 e. The highest BCUT2D eigenvalue weighted by Crippen LogP contribution is 2.13. The minimum absolute atomic E-state index is 0.0161. The van der Waals surface area contributed by atoms with Crippen molar-refractivity contribution < 1.29 is 9.84 Å². The molecular formula is C10H18N2O2. The molecule has 0 aliphatic heterocycles. The van der Waals surface area contributed by atoms with Crippen LogP contribution in [0.4, 0.5) is 0 Å². The molecule has 0 amide bonds. The third kappa shape index (κ3) is 2.82. The van der Waals surface area contributed by atoms with Gasteiger partial charge in [-0.25, -0.2) is 4.98 Å². The molecule has 0 aliphatic carbocycles. The maximum absolute atomic E-state index is 9.03. The van der Waals surface area contributed by atoms with E-state index in [-0.39, 0.29) is 12.2 Å². The lowest BCUT2D eigenvalue weighted by Gasteiger charge is -2.25. The van der Waals surface area contributed by atoms with Crippen LogP contribution in [0, 0.1) is 0 Å². The van der Waals surface area contributed by atoms with Gasteiger partial charge < -0.3 is 14.4 Å². The van der Waals surface area contributed by atoms with Crippen molar-refractivity contribution in [1.29, 1.82) is 0 Å². The maximum Gasteiger partial charge on any atom is 0.0949 e. The Morgan fingerprint density at radius 1 is 1.57 bits per heavy atom. The summed E-state index contributed by atoms with van der Waals surface area (Å²) in [6, 6.07) is 0. The summed E-state index contributed by atoms with van der Waals surface area (Å²) in [6.45, 7) is 7.44. The largest absolute Gasteiger partial charge is 0.390 e. The number of aliphatic hydroxyl groups is 1. The highest BCUT2D eigenvalue weighted by molar-refractivity contribution is 4.97. The molecule has 4 nitrogen and oxygen atoms in total. The van der Waals surface area contributed by atoms with Gasteiger partial charge in [0.2, 0.25) is 0 Å². The molecule has 80 valence electrons. The van der Waals surface area contributed by atoms with E-state index in [4.69, 9.17) is 9.84 Å². The molecule has 0 radical (unpaired) electrons. The summed E-state index contributed by atoms with van der Waals surface area (Å²) in [5.41, 5.74) is 0.595. The fourth-order valence-electron chi connectivity index (χ4n) is 1.47. The smallest absolute Gasteiger partial charge is 0.0949 e. The standard InChI is InChI=1S/C10H18N2O2/c1-4-14-10(2,3)7-12-8-11-5-9(12)6-13/h5,8,13H,4,6-7H2,1-3H3. The van der Waals surface area contributed by atoms with E-state index in [1.165, 1.54) is 0 Å². The Kier molecular flexibility index (Phi) is 3.66. The fourth-order valence-corrected chi connectivity index (χ4v) is 1.47. The Labute approximate surface area is 84.5 Å². The van der Waals surface area contributed by atoms with E-state index in [1.54, 1.807) is 12.5 Å². The van der Waals surface area contributed by atoms with Crippen LogP contribution in [0.3, 0.4) is 0 Å². The second kappa shape index (κ2) is 4.57. The highest BCUT2D eigenvalue weighted by atomic mass is 16.5. The molecular weight excluding hydrogens is 180 g/mol. The number of aliphatic hydroxyl groups excluding tert-OH is 1. The van der Waals surface area contributed by atoms with Crippen molar-refractivity contribution in [2.24, 2.45) is 0 Å². The lowest BCUT2D eigenvalue weighted by atomic mass is 10.1. The first-order chi connectivity index (χ1) is 6.59. The SMILES string of the molecule is CCOC(C)(C)Cn1cncc1CO. The summed E-state index contributed by atoms with van der Waals surface area (Å²) in [6.07, 6.45) is 3.38. The first kappa shape index (κ1) is 11.2. The molecule has 0 fully saturated rings. The average molecular weight is 198 g/mol. The van der Waals surface area contributed by atoms with Gasteiger partial charge in [-0.3, -0.25) is 0 Å². The van der Waals surface area contributed by atoms with Crippen molar-refractivity contribution in [3.8, 4) is 0 Å². The topological polar surface area (TPSA) is 47.3 Å². The van der Waals surface area contributed by atoms with Crippen LogP contribution < -0.4 is 0 Å². The zero-order valence-electron chi connectivity index (χ0n) is 9.03. The van der Waals surface area contributed by atoms with Gasteiger partial charge in [-0.15, -0.1) is 0 Å². The molecule has 1 aromatic rings. The van der Waals surface area contributed by atoms with Crippen molar-refractivity contribution in [3.63, 3.8) is 0 Å². The molecule has 0 aromatic carbocycles. The second-order valence-corrected chi connectivity index (χ2v) is 3.86. The van der Waals surface area contributed by atoms with E-state index < -0.39 is 0 Å². The predicted molar refractivity (Wildman–Crippen MR) is 53.9 cm³/mol. The zero-order valence-corrected chi connectivity index (χ0v) is 9.03. The molecule has 0 saturated carbocycles. The van der Waals surface area contributed by atoms with Crippen molar-refractivity contribution in [3.05, 3.63) is 18.2 Å². The van der Waals surface area contributed by atoms with Crippen molar-refractivity contribution in [2.75, 3.05) is 6.61 Å². The Balaban J connectivity index is 2.67. The average Bonchev–Trinajstić information content (AvgIpc) is 2.50. The number of imidazole rings is 1. The van der Waals surface area contributed by atoms with Crippen LogP contribution in [-0.2, 0) is 17.9 Å². The van der Waals surface area contributed by atoms with Crippen molar-refractivity contribution in [1.82, 2.24) is 9.55 Å². The third-order valence-corrected chi connectivity index (χ3v) is 2.05. The molecule has 0 spiro atoms. The van der Waals surface area contributed by atoms with Gasteiger partial charge in [0.25, 0.3) is 0 Å². The van der Waals surface area contributed by atoms with Crippen molar-refractivity contribution >= 4 is 0 Å². The monoisotopic (exact) mass is 198 g/mol. The van der Waals surface area contributed by atoms with Crippen LogP contribution in [0.5, 0.6) is 0 Å². The Morgan fingerprint density at radius 2 is 2.29 bits per heavy atom. The molecule has 0 unspecified atom stereocenters. The molecule has 1 aromatic heterocycles. The molecule has 0 bridgehead atoms. The number of ether oxygens (including phenoxy) is 1. The van der Waals surface area contributed by atoms with Crippen LogP contribution in [-0.4, -0.2) is 26.9 Å². The first-order valence-corrected chi connectivity index (χ1v) is 4.83. The predicted octanol–water partition coefficient (Wildman–Crippen LogP) is 1.19. The van der Waals surface area contributed by atoms with Gasteiger partial charge in [-0.05, 0) is 20.8 Å². The van der Waals surface area contributed by atoms with E-state index in [1.807, 2.05) is 25.3 Å². The van der Waals surface area contributed by atoms with Gasteiger partial charge in [-0.1, -0.05) is 0 Å². The van der Waals surface area contributed by atoms with E-state index >= 15 is 0 Å². The Bertz CT molecular complexity index is 281. The van der Waals surface area contributed by atoms with Gasteiger partial charge in [0.1, 0.15) is 0 Å². The summed E-state index contributed by atoms with van der Waals surface area (Å²) in [5.74, 6) is 0. The Morgan fingerprint density at radius 3 is 2.86 bits per heavy atom. The van der Waals surface area contributed by atoms with Crippen LogP contribution >= 0.6 is 0 Å². The molecule has 1 N–H and O–H groups in total. The van der Waals surface area contributed by atoms with Crippen LogP contribution in [0.25, 0.3) is 0 Å². The van der Waals surface area contributed by atoms with Gasteiger partial charge in [0, 0.05) is 6.61 Å². The zero-order chi connectivity index (χ0) is 10.6. The fraction of sp³-hybridized carbons (Fsp3) is 0.700. The summed E-state index contributed by atoms with van der Waals surface area (Å²) in [4.78, 5) is 3.98. The molecule has 4 heteroatoms. The number of hydrogen-bond acceptors (Lipinski definition) is 3. The van der Waals surface area contributed by atoms with E-state index in [2.05, 4.69) is 4.98 Å². The molecule has 1 rings (SSSR count). The van der Waals surface area contributed by atoms with Crippen LogP contribution in [0.15, 0.2) is 12.5 Å². The quantitative estimate of drug-likeness (QED) is 0.773. The van der Waals surface area contributed by atoms with Gasteiger partial charge in [0.15, 0.2) is 0 Å². The number of aromatic nitrogens is 2. The normalized spacial score (nSPS) is 12.0. The minimum atomic E-state index is -0.223. The van der Waals surface area contributed by atoms with Gasteiger partial charge >= 0.3 is 0 Å². The van der Waals surface area contributed by atoms with Crippen molar-refractivity contribution in [2.45, 2.75) is 39.5 Å². The number of nitrogens with zero attached hydrogens (tertiary/aromatic N) is 2. The number of hydrogen-bond donors (Lipinski definition) is 1. The Hall–Kier alpha value is -0.870. The molecule has 14 heavy (non-hydrogen) atoms. The lowest BCUT2D eigenvalue weighted by Crippen LogP contribution is -2.30. The van der Waals surface area contributed by atoms with E-state index in [9.17, 15) is 0 Å². The summed E-state index contributed by atoms with van der Waals surface area (Å²) in [7, 11) is 0. The summed E-state index contributed by atoms with van der Waals surface area (Å²) >= 11 is 0. The van der Waals surface area contributed by atoms with E-state index in [0.29, 0.717) is 13.2 Å².